The lowest BCUT2D eigenvalue weighted by molar-refractivity contribution is -0.286. The minimum Gasteiger partial charge on any atom is -0.497 e. The first-order chi connectivity index (χ1) is 13.7. The number of aliphatic hydroxyl groups excluding tert-OH is 3. The quantitative estimate of drug-likeness (QED) is 0.518. The summed E-state index contributed by atoms with van der Waals surface area (Å²) in [5, 5.41) is 40.3. The fourth-order valence-electron chi connectivity index (χ4n) is 3.14. The Labute approximate surface area is 166 Å². The van der Waals surface area contributed by atoms with Crippen LogP contribution in [0.4, 0.5) is 0 Å². The second-order valence-corrected chi connectivity index (χ2v) is 6.87. The van der Waals surface area contributed by atoms with Crippen LogP contribution in [0.5, 0.6) is 5.75 Å². The number of methoxy groups -OCH3 is 1. The van der Waals surface area contributed by atoms with Crippen LogP contribution in [0.15, 0.2) is 36.4 Å². The van der Waals surface area contributed by atoms with E-state index in [4.69, 9.17) is 19.3 Å². The van der Waals surface area contributed by atoms with Gasteiger partial charge in [-0.25, -0.2) is 4.79 Å². The molecule has 9 heteroatoms. The van der Waals surface area contributed by atoms with Crippen LogP contribution >= 0.6 is 0 Å². The number of carbonyl (C=O) groups is 2. The van der Waals surface area contributed by atoms with Crippen LogP contribution in [0.25, 0.3) is 10.8 Å². The van der Waals surface area contributed by atoms with Gasteiger partial charge in [0.25, 0.3) is 0 Å². The van der Waals surface area contributed by atoms with Gasteiger partial charge in [0.2, 0.25) is 6.29 Å². The molecule has 9 nitrogen and oxygen atoms in total. The van der Waals surface area contributed by atoms with Crippen molar-refractivity contribution in [2.45, 2.75) is 43.5 Å². The summed E-state index contributed by atoms with van der Waals surface area (Å²) in [6.07, 6.45) is -9.05. The number of benzene rings is 2. The normalized spacial score (nSPS) is 28.0. The smallest absolute Gasteiger partial charge is 0.335 e. The second-order valence-electron chi connectivity index (χ2n) is 6.87. The third-order valence-corrected chi connectivity index (χ3v) is 4.97. The Morgan fingerprint density at radius 3 is 2.31 bits per heavy atom. The van der Waals surface area contributed by atoms with Gasteiger partial charge in [0, 0.05) is 0 Å². The lowest BCUT2D eigenvalue weighted by Crippen LogP contribution is -2.60. The van der Waals surface area contributed by atoms with Crippen LogP contribution in [0.3, 0.4) is 0 Å². The predicted octanol–water partition coefficient (Wildman–Crippen LogP) is 0.387. The molecule has 0 radical (unpaired) electrons. The molecule has 1 heterocycles. The maximum Gasteiger partial charge on any atom is 0.335 e. The highest BCUT2D eigenvalue weighted by Gasteiger charge is 2.48. The van der Waals surface area contributed by atoms with Crippen LogP contribution in [0.1, 0.15) is 18.4 Å². The van der Waals surface area contributed by atoms with E-state index in [1.807, 2.05) is 18.2 Å². The van der Waals surface area contributed by atoms with Gasteiger partial charge in [-0.05, 0) is 35.4 Å². The number of carboxylic acids is 1. The number of aliphatic hydroxyl groups is 3. The largest absolute Gasteiger partial charge is 0.497 e. The Kier molecular flexibility index (Phi) is 6.04. The molecule has 29 heavy (non-hydrogen) atoms. The number of carboxylic acid groups (broad SMARTS) is 1. The summed E-state index contributed by atoms with van der Waals surface area (Å²) in [5.74, 6) is -2.39. The molecule has 3 rings (SSSR count). The number of ether oxygens (including phenoxy) is 3. The Balaban J connectivity index is 1.76. The molecular formula is C20H22O9. The lowest BCUT2D eigenvalue weighted by Gasteiger charge is -2.38. The van der Waals surface area contributed by atoms with E-state index in [9.17, 15) is 24.9 Å². The van der Waals surface area contributed by atoms with Crippen molar-refractivity contribution >= 4 is 22.7 Å². The summed E-state index contributed by atoms with van der Waals surface area (Å²) in [6, 6.07) is 10.9. The number of aliphatic carboxylic acids is 1. The minimum atomic E-state index is -1.85. The van der Waals surface area contributed by atoms with E-state index in [-0.39, 0.29) is 0 Å². The molecule has 1 unspecified atom stereocenters. The van der Waals surface area contributed by atoms with Crippen molar-refractivity contribution in [3.63, 3.8) is 0 Å². The SMILES string of the molecule is COc1ccc2cc([C@H](C)C(=O)OC3O[C@H](C(=O)O)[C@@H](O)[C@H](O)[C@H]3O)ccc2c1. The van der Waals surface area contributed by atoms with Gasteiger partial charge in [0.05, 0.1) is 13.0 Å². The first-order valence-electron chi connectivity index (χ1n) is 8.93. The fraction of sp³-hybridized carbons (Fsp3) is 0.400. The first kappa shape index (κ1) is 21.0. The average molecular weight is 406 g/mol. The minimum absolute atomic E-state index is 0.633. The maximum atomic E-state index is 12.5. The molecule has 2 aromatic rings. The van der Waals surface area contributed by atoms with Crippen molar-refractivity contribution in [2.75, 3.05) is 7.11 Å². The highest BCUT2D eigenvalue weighted by atomic mass is 16.7. The molecule has 0 spiro atoms. The van der Waals surface area contributed by atoms with E-state index in [0.717, 1.165) is 10.8 Å². The lowest BCUT2D eigenvalue weighted by atomic mass is 9.97. The maximum absolute atomic E-state index is 12.5. The molecule has 156 valence electrons. The molecule has 0 aliphatic carbocycles. The average Bonchev–Trinajstić information content (AvgIpc) is 2.72. The van der Waals surface area contributed by atoms with Crippen LogP contribution in [0.2, 0.25) is 0 Å². The topological polar surface area (TPSA) is 143 Å². The molecule has 2 aromatic carbocycles. The fourth-order valence-corrected chi connectivity index (χ4v) is 3.14. The van der Waals surface area contributed by atoms with Crippen molar-refractivity contribution in [3.05, 3.63) is 42.0 Å². The summed E-state index contributed by atoms with van der Waals surface area (Å²) < 4.78 is 15.3. The molecule has 4 N–H and O–H groups in total. The van der Waals surface area contributed by atoms with Crippen LogP contribution < -0.4 is 4.74 Å². The molecule has 0 amide bonds. The van der Waals surface area contributed by atoms with Gasteiger partial charge >= 0.3 is 11.9 Å². The molecule has 1 aliphatic heterocycles. The molecule has 0 aromatic heterocycles. The van der Waals surface area contributed by atoms with Crippen LogP contribution in [-0.2, 0) is 19.1 Å². The van der Waals surface area contributed by atoms with Gasteiger partial charge in [0.1, 0.15) is 24.1 Å². The van der Waals surface area contributed by atoms with Crippen LogP contribution in [-0.4, -0.2) is 70.2 Å². The van der Waals surface area contributed by atoms with E-state index in [2.05, 4.69) is 0 Å². The molecule has 1 fully saturated rings. The van der Waals surface area contributed by atoms with Gasteiger partial charge in [-0.1, -0.05) is 24.3 Å². The zero-order valence-corrected chi connectivity index (χ0v) is 15.8. The van der Waals surface area contributed by atoms with E-state index in [1.165, 1.54) is 0 Å². The Hall–Kier alpha value is -2.72. The number of hydrogen-bond donors (Lipinski definition) is 4. The zero-order chi connectivity index (χ0) is 21.3. The molecule has 6 atom stereocenters. The molecule has 1 aliphatic rings. The standard InChI is InChI=1S/C20H22O9/c1-9(10-3-4-12-8-13(27-2)6-5-11(12)7-10)19(26)29-20-16(23)14(21)15(22)17(28-20)18(24)25/h3-9,14-17,20-23H,1-2H3,(H,24,25)/t9-,14-,15-,16+,17-,20?/m0/s1. The Morgan fingerprint density at radius 2 is 1.66 bits per heavy atom. The molecule has 0 bridgehead atoms. The number of rotatable bonds is 5. The van der Waals surface area contributed by atoms with E-state index >= 15 is 0 Å². The van der Waals surface area contributed by atoms with Gasteiger partial charge in [-0.15, -0.1) is 0 Å². The summed E-state index contributed by atoms with van der Waals surface area (Å²) in [7, 11) is 1.57. The molecular weight excluding hydrogens is 384 g/mol. The van der Waals surface area contributed by atoms with Crippen molar-refractivity contribution in [1.82, 2.24) is 0 Å². The van der Waals surface area contributed by atoms with E-state index < -0.39 is 48.6 Å². The third kappa shape index (κ3) is 4.18. The van der Waals surface area contributed by atoms with Gasteiger partial charge in [-0.3, -0.25) is 4.79 Å². The van der Waals surface area contributed by atoms with Crippen molar-refractivity contribution in [3.8, 4) is 5.75 Å². The Bertz CT molecular complexity index is 912. The summed E-state index contributed by atoms with van der Waals surface area (Å²) in [4.78, 5) is 23.7. The van der Waals surface area contributed by atoms with Gasteiger partial charge in [0.15, 0.2) is 6.10 Å². The van der Waals surface area contributed by atoms with Crippen molar-refractivity contribution in [2.24, 2.45) is 0 Å². The summed E-state index contributed by atoms with van der Waals surface area (Å²) >= 11 is 0. The van der Waals surface area contributed by atoms with Crippen molar-refractivity contribution < 1.29 is 44.2 Å². The summed E-state index contributed by atoms with van der Waals surface area (Å²) in [6.45, 7) is 1.59. The number of hydrogen-bond acceptors (Lipinski definition) is 8. The predicted molar refractivity (Wildman–Crippen MR) is 99.3 cm³/mol. The number of esters is 1. The highest BCUT2D eigenvalue weighted by Crippen LogP contribution is 2.28. The number of fused-ring (bicyclic) bond motifs is 1. The first-order valence-corrected chi connectivity index (χ1v) is 8.93. The van der Waals surface area contributed by atoms with E-state index in [1.54, 1.807) is 32.2 Å². The van der Waals surface area contributed by atoms with Gasteiger partial charge < -0.3 is 34.6 Å². The Morgan fingerprint density at radius 1 is 1.00 bits per heavy atom. The van der Waals surface area contributed by atoms with Crippen LogP contribution in [0, 0.1) is 0 Å². The number of carbonyl (C=O) groups excluding carboxylic acids is 1. The summed E-state index contributed by atoms with van der Waals surface area (Å²) in [5.41, 5.74) is 0.633. The van der Waals surface area contributed by atoms with E-state index in [0.29, 0.717) is 11.3 Å². The highest BCUT2D eigenvalue weighted by molar-refractivity contribution is 5.86. The third-order valence-electron chi connectivity index (χ3n) is 4.97. The van der Waals surface area contributed by atoms with Crippen molar-refractivity contribution in [1.29, 1.82) is 0 Å². The van der Waals surface area contributed by atoms with Gasteiger partial charge in [-0.2, -0.15) is 0 Å². The molecule has 1 saturated heterocycles. The molecule has 0 saturated carbocycles. The monoisotopic (exact) mass is 406 g/mol. The second kappa shape index (κ2) is 8.34. The zero-order valence-electron chi connectivity index (χ0n) is 15.8.